The van der Waals surface area contributed by atoms with Gasteiger partial charge in [-0.3, -0.25) is 10.1 Å². The van der Waals surface area contributed by atoms with Crippen LogP contribution in [0.1, 0.15) is 31.0 Å². The van der Waals surface area contributed by atoms with E-state index in [0.717, 1.165) is 12.0 Å². The molecule has 1 heterocycles. The molecular weight excluding hydrogens is 290 g/mol. The van der Waals surface area contributed by atoms with Gasteiger partial charge in [0, 0.05) is 6.04 Å². The van der Waals surface area contributed by atoms with Gasteiger partial charge in [0.2, 0.25) is 0 Å². The molecule has 1 N–H and O–H groups in total. The van der Waals surface area contributed by atoms with E-state index in [2.05, 4.69) is 17.0 Å². The van der Waals surface area contributed by atoms with Gasteiger partial charge in [-0.25, -0.2) is 8.42 Å². The Morgan fingerprint density at radius 1 is 1.33 bits per heavy atom. The summed E-state index contributed by atoms with van der Waals surface area (Å²) in [6.07, 6.45) is 0.928. The van der Waals surface area contributed by atoms with E-state index in [0.29, 0.717) is 0 Å². The summed E-state index contributed by atoms with van der Waals surface area (Å²) in [7, 11) is -2.08. The number of nitrogens with one attached hydrogen (secondary N) is 1. The molecule has 0 amide bonds. The molecule has 0 saturated carbocycles. The fourth-order valence-electron chi connectivity index (χ4n) is 2.60. The van der Waals surface area contributed by atoms with Crippen molar-refractivity contribution >= 4 is 15.8 Å². The molecule has 1 aromatic rings. The highest BCUT2D eigenvalue weighted by Gasteiger charge is 2.42. The van der Waals surface area contributed by atoms with Crippen molar-refractivity contribution in [1.82, 2.24) is 5.32 Å². The molecule has 21 heavy (non-hydrogen) atoms. The maximum Gasteiger partial charge on any atom is 0.323 e. The number of hydrogen-bond acceptors (Lipinski definition) is 5. The molecule has 1 aliphatic rings. The third-order valence-electron chi connectivity index (χ3n) is 4.05. The Morgan fingerprint density at radius 2 is 1.95 bits per heavy atom. The molecule has 2 rings (SSSR count). The standard InChI is InChI=1S/C15H21NO4S/c1-4-11-5-7-12(8-6-11)14-10(2)21(18,19)9-13(16-14)15(17)20-3/h5-8,10,13-14,16H,4,9H2,1-3H3. The fraction of sp³-hybridized carbons (Fsp3) is 0.533. The number of rotatable bonds is 3. The molecule has 0 bridgehead atoms. The fourth-order valence-corrected chi connectivity index (χ4v) is 4.25. The smallest absolute Gasteiger partial charge is 0.323 e. The van der Waals surface area contributed by atoms with Gasteiger partial charge in [0.15, 0.2) is 9.84 Å². The second-order valence-corrected chi connectivity index (χ2v) is 7.75. The first-order valence-electron chi connectivity index (χ1n) is 7.03. The minimum absolute atomic E-state index is 0.218. The molecule has 3 unspecified atom stereocenters. The van der Waals surface area contributed by atoms with Gasteiger partial charge in [-0.1, -0.05) is 31.2 Å². The van der Waals surface area contributed by atoms with E-state index in [4.69, 9.17) is 0 Å². The number of ether oxygens (including phenoxy) is 1. The average Bonchev–Trinajstić information content (AvgIpc) is 2.49. The van der Waals surface area contributed by atoms with E-state index in [-0.39, 0.29) is 5.75 Å². The maximum atomic E-state index is 12.3. The first kappa shape index (κ1) is 16.0. The average molecular weight is 311 g/mol. The van der Waals surface area contributed by atoms with Crippen LogP contribution >= 0.6 is 0 Å². The third kappa shape index (κ3) is 3.27. The zero-order valence-corrected chi connectivity index (χ0v) is 13.3. The van der Waals surface area contributed by atoms with Crippen molar-refractivity contribution in [2.24, 2.45) is 0 Å². The Kier molecular flexibility index (Phi) is 4.68. The Bertz CT molecular complexity index is 609. The second kappa shape index (κ2) is 6.15. The number of hydrogen-bond donors (Lipinski definition) is 1. The highest BCUT2D eigenvalue weighted by Crippen LogP contribution is 2.28. The van der Waals surface area contributed by atoms with Crippen molar-refractivity contribution in [3.8, 4) is 0 Å². The van der Waals surface area contributed by atoms with Crippen molar-refractivity contribution in [2.75, 3.05) is 12.9 Å². The van der Waals surface area contributed by atoms with E-state index in [1.807, 2.05) is 24.3 Å². The second-order valence-electron chi connectivity index (χ2n) is 5.35. The SMILES string of the molecule is CCc1ccc(C2NC(C(=O)OC)CS(=O)(=O)C2C)cc1. The van der Waals surface area contributed by atoms with E-state index in [1.54, 1.807) is 6.92 Å². The lowest BCUT2D eigenvalue weighted by Gasteiger charge is -2.34. The molecule has 1 saturated heterocycles. The number of sulfone groups is 1. The van der Waals surface area contributed by atoms with Gasteiger partial charge in [0.25, 0.3) is 0 Å². The van der Waals surface area contributed by atoms with Gasteiger partial charge in [-0.2, -0.15) is 0 Å². The van der Waals surface area contributed by atoms with Crippen molar-refractivity contribution in [3.05, 3.63) is 35.4 Å². The minimum Gasteiger partial charge on any atom is -0.468 e. The summed E-state index contributed by atoms with van der Waals surface area (Å²) in [5, 5.41) is 2.53. The number of carbonyl (C=O) groups excluding carboxylic acids is 1. The molecule has 1 aromatic carbocycles. The van der Waals surface area contributed by atoms with Crippen LogP contribution in [0.2, 0.25) is 0 Å². The molecule has 0 aromatic heterocycles. The lowest BCUT2D eigenvalue weighted by Crippen LogP contribution is -2.55. The van der Waals surface area contributed by atoms with Crippen molar-refractivity contribution in [1.29, 1.82) is 0 Å². The first-order valence-corrected chi connectivity index (χ1v) is 8.75. The third-order valence-corrected chi connectivity index (χ3v) is 6.25. The molecule has 6 heteroatoms. The Balaban J connectivity index is 2.32. The first-order chi connectivity index (χ1) is 9.89. The largest absolute Gasteiger partial charge is 0.468 e. The van der Waals surface area contributed by atoms with Gasteiger partial charge in [0.1, 0.15) is 6.04 Å². The van der Waals surface area contributed by atoms with Crippen LogP contribution in [-0.4, -0.2) is 38.5 Å². The summed E-state index contributed by atoms with van der Waals surface area (Å²) in [4.78, 5) is 11.7. The van der Waals surface area contributed by atoms with E-state index >= 15 is 0 Å². The molecular formula is C15H21NO4S. The van der Waals surface area contributed by atoms with E-state index < -0.39 is 33.1 Å². The summed E-state index contributed by atoms with van der Waals surface area (Å²) in [6.45, 7) is 3.74. The maximum absolute atomic E-state index is 12.3. The normalized spacial score (nSPS) is 28.0. The zero-order chi connectivity index (χ0) is 15.6. The van der Waals surface area contributed by atoms with Crippen molar-refractivity contribution in [3.63, 3.8) is 0 Å². The quantitative estimate of drug-likeness (QED) is 0.850. The lowest BCUT2D eigenvalue weighted by molar-refractivity contribution is -0.142. The number of carbonyl (C=O) groups is 1. The summed E-state index contributed by atoms with van der Waals surface area (Å²) < 4.78 is 29.2. The zero-order valence-electron chi connectivity index (χ0n) is 12.5. The molecule has 0 spiro atoms. The highest BCUT2D eigenvalue weighted by molar-refractivity contribution is 7.92. The van der Waals surface area contributed by atoms with E-state index in [1.165, 1.54) is 12.7 Å². The molecule has 3 atom stereocenters. The molecule has 116 valence electrons. The monoisotopic (exact) mass is 311 g/mol. The summed E-state index contributed by atoms with van der Waals surface area (Å²) in [6, 6.07) is 6.59. The van der Waals surface area contributed by atoms with Gasteiger partial charge < -0.3 is 4.74 Å². The number of esters is 1. The molecule has 0 aliphatic carbocycles. The van der Waals surface area contributed by atoms with Crippen LogP contribution in [0.5, 0.6) is 0 Å². The Morgan fingerprint density at radius 3 is 2.48 bits per heavy atom. The predicted octanol–water partition coefficient (Wildman–Crippen LogP) is 1.24. The van der Waals surface area contributed by atoms with Crippen molar-refractivity contribution < 1.29 is 17.9 Å². The van der Waals surface area contributed by atoms with Crippen LogP contribution < -0.4 is 5.32 Å². The van der Waals surface area contributed by atoms with Gasteiger partial charge in [-0.05, 0) is 24.5 Å². The van der Waals surface area contributed by atoms with Gasteiger partial charge in [0.05, 0.1) is 18.1 Å². The summed E-state index contributed by atoms with van der Waals surface area (Å²) in [5.74, 6) is -0.759. The lowest BCUT2D eigenvalue weighted by atomic mass is 10.0. The molecule has 0 radical (unpaired) electrons. The molecule has 5 nitrogen and oxygen atoms in total. The highest BCUT2D eigenvalue weighted by atomic mass is 32.2. The van der Waals surface area contributed by atoms with Crippen molar-refractivity contribution in [2.45, 2.75) is 37.6 Å². The van der Waals surface area contributed by atoms with Crippen LogP contribution in [-0.2, 0) is 25.8 Å². The van der Waals surface area contributed by atoms with Crippen LogP contribution in [0.4, 0.5) is 0 Å². The summed E-state index contributed by atoms with van der Waals surface area (Å²) >= 11 is 0. The molecule has 1 fully saturated rings. The van der Waals surface area contributed by atoms with Crippen LogP contribution in [0.15, 0.2) is 24.3 Å². The summed E-state index contributed by atoms with van der Waals surface area (Å²) in [5.41, 5.74) is 2.06. The number of aryl methyl sites for hydroxylation is 1. The Hall–Kier alpha value is -1.40. The predicted molar refractivity (Wildman–Crippen MR) is 80.7 cm³/mol. The topological polar surface area (TPSA) is 72.5 Å². The Labute approximate surface area is 125 Å². The molecule has 1 aliphatic heterocycles. The van der Waals surface area contributed by atoms with Crippen LogP contribution in [0.25, 0.3) is 0 Å². The van der Waals surface area contributed by atoms with Crippen LogP contribution in [0, 0.1) is 0 Å². The van der Waals surface area contributed by atoms with E-state index in [9.17, 15) is 13.2 Å². The minimum atomic E-state index is -3.34. The van der Waals surface area contributed by atoms with Gasteiger partial charge >= 0.3 is 5.97 Å². The number of benzene rings is 1. The number of methoxy groups -OCH3 is 1. The van der Waals surface area contributed by atoms with Crippen LogP contribution in [0.3, 0.4) is 0 Å². The van der Waals surface area contributed by atoms with Gasteiger partial charge in [-0.15, -0.1) is 0 Å².